The van der Waals surface area contributed by atoms with E-state index in [1.165, 1.54) is 25.3 Å². The summed E-state index contributed by atoms with van der Waals surface area (Å²) in [5.74, 6) is -0.525. The van der Waals surface area contributed by atoms with Crippen LogP contribution in [0.1, 0.15) is 10.4 Å². The Hall–Kier alpha value is -2.69. The summed E-state index contributed by atoms with van der Waals surface area (Å²) in [4.78, 5) is 36.4. The molecule has 31 heavy (non-hydrogen) atoms. The monoisotopic (exact) mass is 553 g/mol. The van der Waals surface area contributed by atoms with Crippen LogP contribution in [0.3, 0.4) is 0 Å². The van der Waals surface area contributed by atoms with Crippen LogP contribution >= 0.6 is 31.9 Å². The molecule has 1 aromatic heterocycles. The zero-order chi connectivity index (χ0) is 22.4. The molecule has 0 aliphatic rings. The average Bonchev–Trinajstić information content (AvgIpc) is 2.72. The Morgan fingerprint density at radius 2 is 1.90 bits per heavy atom. The lowest BCUT2D eigenvalue weighted by Gasteiger charge is -2.09. The largest absolute Gasteiger partial charge is 0.481 e. The SMILES string of the molecule is COCCNC(=O)c1cc2ccc(OC(=O)COc3ccc(Br)cc3Br)cc2oc1=O. The number of rotatable bonds is 8. The predicted molar refractivity (Wildman–Crippen MR) is 120 cm³/mol. The van der Waals surface area contributed by atoms with Gasteiger partial charge in [0, 0.05) is 29.6 Å². The van der Waals surface area contributed by atoms with Crippen LogP contribution < -0.4 is 20.4 Å². The molecule has 0 bridgehead atoms. The van der Waals surface area contributed by atoms with Gasteiger partial charge in [-0.25, -0.2) is 9.59 Å². The van der Waals surface area contributed by atoms with E-state index in [1.54, 1.807) is 24.3 Å². The second kappa shape index (κ2) is 10.6. The Bertz CT molecular complexity index is 1180. The Morgan fingerprint density at radius 1 is 1.10 bits per heavy atom. The fraction of sp³-hybridized carbons (Fsp3) is 0.190. The Morgan fingerprint density at radius 3 is 2.65 bits per heavy atom. The number of benzene rings is 2. The maximum Gasteiger partial charge on any atom is 0.349 e. The molecule has 2 aromatic carbocycles. The molecule has 0 unspecified atom stereocenters. The molecule has 0 saturated carbocycles. The highest BCUT2D eigenvalue weighted by atomic mass is 79.9. The molecule has 3 aromatic rings. The third-order valence-corrected chi connectivity index (χ3v) is 5.13. The number of carbonyl (C=O) groups excluding carboxylic acids is 2. The van der Waals surface area contributed by atoms with E-state index in [9.17, 15) is 14.4 Å². The topological polar surface area (TPSA) is 104 Å². The van der Waals surface area contributed by atoms with Gasteiger partial charge in [0.25, 0.3) is 5.91 Å². The molecule has 1 N–H and O–H groups in total. The lowest BCUT2D eigenvalue weighted by molar-refractivity contribution is -0.136. The van der Waals surface area contributed by atoms with E-state index in [0.717, 1.165) is 4.47 Å². The van der Waals surface area contributed by atoms with Gasteiger partial charge in [-0.3, -0.25) is 4.79 Å². The minimum absolute atomic E-state index is 0.123. The summed E-state index contributed by atoms with van der Waals surface area (Å²) in [5.41, 5.74) is -0.739. The van der Waals surface area contributed by atoms with Crippen molar-refractivity contribution in [3.63, 3.8) is 0 Å². The van der Waals surface area contributed by atoms with E-state index in [-0.39, 0.29) is 30.0 Å². The molecule has 8 nitrogen and oxygen atoms in total. The minimum atomic E-state index is -0.797. The first kappa shape index (κ1) is 23.0. The number of amides is 1. The van der Waals surface area contributed by atoms with Gasteiger partial charge in [0.15, 0.2) is 6.61 Å². The van der Waals surface area contributed by atoms with Crippen LogP contribution in [-0.2, 0) is 9.53 Å². The molecule has 0 radical (unpaired) electrons. The molecular formula is C21H17Br2NO7. The van der Waals surface area contributed by atoms with Crippen molar-refractivity contribution in [2.24, 2.45) is 0 Å². The Labute approximate surface area is 193 Å². The van der Waals surface area contributed by atoms with Crippen LogP contribution in [0.4, 0.5) is 0 Å². The van der Waals surface area contributed by atoms with Gasteiger partial charge in [-0.05, 0) is 52.3 Å². The number of nitrogens with one attached hydrogen (secondary N) is 1. The molecule has 0 spiro atoms. The molecule has 0 fully saturated rings. The zero-order valence-corrected chi connectivity index (χ0v) is 19.4. The number of hydrogen-bond acceptors (Lipinski definition) is 7. The number of halogens is 2. The third-order valence-electron chi connectivity index (χ3n) is 4.01. The Balaban J connectivity index is 1.67. The molecule has 162 valence electrons. The highest BCUT2D eigenvalue weighted by Gasteiger charge is 2.15. The molecule has 3 rings (SSSR count). The van der Waals surface area contributed by atoms with E-state index >= 15 is 0 Å². The molecule has 10 heteroatoms. The fourth-order valence-electron chi connectivity index (χ4n) is 2.57. The van der Waals surface area contributed by atoms with Crippen molar-refractivity contribution in [3.05, 3.63) is 67.4 Å². The maximum atomic E-state index is 12.2. The fourth-order valence-corrected chi connectivity index (χ4v) is 3.73. The quantitative estimate of drug-likeness (QED) is 0.196. The summed E-state index contributed by atoms with van der Waals surface area (Å²) >= 11 is 6.68. The summed E-state index contributed by atoms with van der Waals surface area (Å²) in [6.45, 7) is 0.269. The van der Waals surface area contributed by atoms with Crippen LogP contribution in [0.15, 0.2) is 60.6 Å². The van der Waals surface area contributed by atoms with Crippen molar-refractivity contribution in [2.75, 3.05) is 26.9 Å². The van der Waals surface area contributed by atoms with Crippen LogP contribution in [0.25, 0.3) is 11.0 Å². The van der Waals surface area contributed by atoms with Crippen molar-refractivity contribution >= 4 is 54.7 Å². The average molecular weight is 555 g/mol. The first-order valence-corrected chi connectivity index (χ1v) is 10.6. The van der Waals surface area contributed by atoms with Gasteiger partial charge in [-0.15, -0.1) is 0 Å². The summed E-state index contributed by atoms with van der Waals surface area (Å²) < 4.78 is 22.3. The van der Waals surface area contributed by atoms with Gasteiger partial charge in [0.1, 0.15) is 22.6 Å². The summed E-state index contributed by atoms with van der Waals surface area (Å²) in [5, 5.41) is 3.07. The van der Waals surface area contributed by atoms with Gasteiger partial charge in [-0.1, -0.05) is 15.9 Å². The number of carbonyl (C=O) groups is 2. The van der Waals surface area contributed by atoms with Crippen LogP contribution in [0, 0.1) is 0 Å². The minimum Gasteiger partial charge on any atom is -0.481 e. The maximum absolute atomic E-state index is 12.2. The number of hydrogen-bond donors (Lipinski definition) is 1. The number of esters is 1. The molecule has 1 amide bonds. The number of methoxy groups -OCH3 is 1. The highest BCUT2D eigenvalue weighted by molar-refractivity contribution is 9.11. The van der Waals surface area contributed by atoms with E-state index in [0.29, 0.717) is 22.2 Å². The van der Waals surface area contributed by atoms with E-state index in [2.05, 4.69) is 37.2 Å². The van der Waals surface area contributed by atoms with Crippen molar-refractivity contribution in [3.8, 4) is 11.5 Å². The summed E-state index contributed by atoms with van der Waals surface area (Å²) in [6.07, 6.45) is 0. The van der Waals surface area contributed by atoms with Crippen molar-refractivity contribution in [2.45, 2.75) is 0 Å². The van der Waals surface area contributed by atoms with Gasteiger partial charge in [-0.2, -0.15) is 0 Å². The lowest BCUT2D eigenvalue weighted by atomic mass is 10.1. The van der Waals surface area contributed by atoms with Crippen molar-refractivity contribution in [1.29, 1.82) is 0 Å². The smallest absolute Gasteiger partial charge is 0.349 e. The van der Waals surface area contributed by atoms with Crippen LogP contribution in [-0.4, -0.2) is 38.7 Å². The number of fused-ring (bicyclic) bond motifs is 1. The van der Waals surface area contributed by atoms with Crippen molar-refractivity contribution < 1.29 is 28.2 Å². The highest BCUT2D eigenvalue weighted by Crippen LogP contribution is 2.28. The lowest BCUT2D eigenvalue weighted by Crippen LogP contribution is -2.30. The van der Waals surface area contributed by atoms with Gasteiger partial charge >= 0.3 is 11.6 Å². The molecule has 1 heterocycles. The molecular weight excluding hydrogens is 538 g/mol. The first-order valence-electron chi connectivity index (χ1n) is 9.01. The van der Waals surface area contributed by atoms with Gasteiger partial charge in [0.05, 0.1) is 11.1 Å². The zero-order valence-electron chi connectivity index (χ0n) is 16.3. The summed E-state index contributed by atoms with van der Waals surface area (Å²) in [7, 11) is 1.51. The summed E-state index contributed by atoms with van der Waals surface area (Å²) in [6, 6.07) is 11.2. The van der Waals surface area contributed by atoms with Crippen LogP contribution in [0.2, 0.25) is 0 Å². The molecule has 0 atom stereocenters. The van der Waals surface area contributed by atoms with Gasteiger partial charge in [0.2, 0.25) is 0 Å². The third kappa shape index (κ3) is 6.16. The standard InChI is InChI=1S/C21H17Br2NO7/c1-28-7-6-24-20(26)15-8-12-2-4-14(10-18(12)31-21(15)27)30-19(25)11-29-17-5-3-13(22)9-16(17)23/h2-5,8-10H,6-7,11H2,1H3,(H,24,26). The normalized spacial score (nSPS) is 10.7. The van der Waals surface area contributed by atoms with E-state index < -0.39 is 17.5 Å². The predicted octanol–water partition coefficient (Wildman–Crippen LogP) is 3.68. The van der Waals surface area contributed by atoms with E-state index in [1.807, 2.05) is 0 Å². The van der Waals surface area contributed by atoms with Crippen LogP contribution in [0.5, 0.6) is 11.5 Å². The second-order valence-corrected chi connectivity index (χ2v) is 8.00. The van der Waals surface area contributed by atoms with Gasteiger partial charge < -0.3 is 23.9 Å². The van der Waals surface area contributed by atoms with E-state index in [4.69, 9.17) is 18.6 Å². The molecule has 0 aliphatic carbocycles. The van der Waals surface area contributed by atoms with Crippen molar-refractivity contribution in [1.82, 2.24) is 5.32 Å². The molecule has 0 saturated heterocycles. The molecule has 0 aliphatic heterocycles. The first-order chi connectivity index (χ1) is 14.9. The second-order valence-electron chi connectivity index (χ2n) is 6.23. The Kier molecular flexibility index (Phi) is 7.83. The number of ether oxygens (including phenoxy) is 3.